The first-order valence-corrected chi connectivity index (χ1v) is 11.5. The van der Waals surface area contributed by atoms with Crippen LogP contribution in [0.4, 0.5) is 11.4 Å². The Balaban J connectivity index is 1.55. The highest BCUT2D eigenvalue weighted by Gasteiger charge is 2.23. The molecular weight excluding hydrogens is 440 g/mol. The number of nitrogens with one attached hydrogen (secondary N) is 1. The number of benzene rings is 2. The topological polar surface area (TPSA) is 107 Å². The van der Waals surface area contributed by atoms with Crippen LogP contribution in [-0.2, 0) is 24.2 Å². The van der Waals surface area contributed by atoms with Crippen molar-refractivity contribution >= 4 is 38.8 Å². The van der Waals surface area contributed by atoms with Crippen molar-refractivity contribution in [1.29, 1.82) is 0 Å². The fourth-order valence-corrected chi connectivity index (χ4v) is 5.46. The molecule has 0 spiro atoms. The standard InChI is InChI=1S/C24H20N4O4S/c29-20(25-16-10-12-17(13-11-16)28(31)32)14-27-22(15-6-2-1-3-7-15)26-23-21(24(27)30)18-8-4-5-9-19(18)33-23/h1-3,6-7,10-13H,4-5,8-9,14H2,(H,25,29). The van der Waals surface area contributed by atoms with Gasteiger partial charge >= 0.3 is 0 Å². The molecule has 9 heteroatoms. The summed E-state index contributed by atoms with van der Waals surface area (Å²) in [6.45, 7) is -0.215. The summed E-state index contributed by atoms with van der Waals surface area (Å²) in [5, 5.41) is 14.2. The van der Waals surface area contributed by atoms with E-state index in [4.69, 9.17) is 4.98 Å². The van der Waals surface area contributed by atoms with Gasteiger partial charge in [-0.25, -0.2) is 4.98 Å². The molecule has 0 unspecified atom stereocenters. The Kier molecular flexibility index (Phi) is 5.47. The molecule has 4 aromatic rings. The zero-order chi connectivity index (χ0) is 22.9. The highest BCUT2D eigenvalue weighted by molar-refractivity contribution is 7.18. The normalized spacial score (nSPS) is 13.0. The monoisotopic (exact) mass is 460 g/mol. The maximum atomic E-state index is 13.6. The number of rotatable bonds is 5. The molecule has 2 aromatic carbocycles. The summed E-state index contributed by atoms with van der Waals surface area (Å²) >= 11 is 1.58. The number of carbonyl (C=O) groups is 1. The molecule has 0 atom stereocenters. The number of carbonyl (C=O) groups excluding carboxylic acids is 1. The van der Waals surface area contributed by atoms with Crippen LogP contribution in [0.5, 0.6) is 0 Å². The zero-order valence-electron chi connectivity index (χ0n) is 17.6. The smallest absolute Gasteiger partial charge is 0.269 e. The first kappa shape index (κ1) is 21.0. The van der Waals surface area contributed by atoms with E-state index < -0.39 is 10.8 Å². The average molecular weight is 461 g/mol. The van der Waals surface area contributed by atoms with Gasteiger partial charge in [0, 0.05) is 28.3 Å². The highest BCUT2D eigenvalue weighted by atomic mass is 32.1. The van der Waals surface area contributed by atoms with Crippen molar-refractivity contribution in [3.63, 3.8) is 0 Å². The minimum Gasteiger partial charge on any atom is -0.325 e. The molecule has 33 heavy (non-hydrogen) atoms. The molecule has 0 bridgehead atoms. The number of hydrogen-bond acceptors (Lipinski definition) is 6. The Bertz CT molecular complexity index is 1430. The minimum absolute atomic E-state index is 0.0625. The van der Waals surface area contributed by atoms with Crippen molar-refractivity contribution in [2.24, 2.45) is 0 Å². The van der Waals surface area contributed by atoms with Gasteiger partial charge in [-0.05, 0) is 43.4 Å². The number of nitro groups is 1. The summed E-state index contributed by atoms with van der Waals surface area (Å²) in [7, 11) is 0. The largest absolute Gasteiger partial charge is 0.325 e. The third-order valence-electron chi connectivity index (χ3n) is 5.77. The summed E-state index contributed by atoms with van der Waals surface area (Å²) < 4.78 is 1.43. The number of nitrogens with zero attached hydrogens (tertiary/aromatic N) is 3. The van der Waals surface area contributed by atoms with E-state index in [9.17, 15) is 19.7 Å². The number of amides is 1. The fourth-order valence-electron chi connectivity index (χ4n) is 4.20. The molecule has 1 N–H and O–H groups in total. The number of thiophene rings is 1. The van der Waals surface area contributed by atoms with E-state index in [0.29, 0.717) is 16.9 Å². The second kappa shape index (κ2) is 8.59. The van der Waals surface area contributed by atoms with Crippen molar-refractivity contribution in [2.45, 2.75) is 32.2 Å². The number of anilines is 1. The number of hydrogen-bond donors (Lipinski definition) is 1. The SMILES string of the molecule is O=C(Cn1c(-c2ccccc2)nc2sc3c(c2c1=O)CCCC3)Nc1ccc([N+](=O)[O-])cc1. The molecular formula is C24H20N4O4S. The first-order valence-electron chi connectivity index (χ1n) is 10.7. The van der Waals surface area contributed by atoms with Gasteiger partial charge in [0.2, 0.25) is 5.91 Å². The first-order chi connectivity index (χ1) is 16.0. The summed E-state index contributed by atoms with van der Waals surface area (Å²) in [6.07, 6.45) is 3.96. The second-order valence-electron chi connectivity index (χ2n) is 7.94. The Hall–Kier alpha value is -3.85. The summed E-state index contributed by atoms with van der Waals surface area (Å²) in [5.74, 6) is 0.0407. The molecule has 0 saturated heterocycles. The van der Waals surface area contributed by atoms with Gasteiger partial charge in [-0.2, -0.15) is 0 Å². The molecule has 1 aliphatic carbocycles. The molecule has 2 heterocycles. The van der Waals surface area contributed by atoms with Gasteiger partial charge in [-0.3, -0.25) is 24.3 Å². The van der Waals surface area contributed by atoms with Gasteiger partial charge in [0.05, 0.1) is 10.3 Å². The van der Waals surface area contributed by atoms with E-state index in [0.717, 1.165) is 41.6 Å². The molecule has 0 saturated carbocycles. The third kappa shape index (κ3) is 4.03. The van der Waals surface area contributed by atoms with Crippen LogP contribution in [0.2, 0.25) is 0 Å². The average Bonchev–Trinajstić information content (AvgIpc) is 3.20. The summed E-state index contributed by atoms with van der Waals surface area (Å²) in [6, 6.07) is 14.9. The summed E-state index contributed by atoms with van der Waals surface area (Å²) in [5.41, 5.74) is 1.97. The number of aryl methyl sites for hydroxylation is 2. The molecule has 166 valence electrons. The molecule has 1 aliphatic rings. The van der Waals surface area contributed by atoms with Gasteiger partial charge in [-0.1, -0.05) is 30.3 Å². The lowest BCUT2D eigenvalue weighted by Gasteiger charge is -2.14. The highest BCUT2D eigenvalue weighted by Crippen LogP contribution is 2.34. The molecule has 5 rings (SSSR count). The van der Waals surface area contributed by atoms with Crippen LogP contribution in [0.3, 0.4) is 0 Å². The van der Waals surface area contributed by atoms with Crippen molar-refractivity contribution < 1.29 is 9.72 Å². The number of aromatic nitrogens is 2. The fraction of sp³-hybridized carbons (Fsp3) is 0.208. The number of nitro benzene ring substituents is 1. The van der Waals surface area contributed by atoms with Gasteiger partial charge < -0.3 is 5.32 Å². The van der Waals surface area contributed by atoms with Crippen LogP contribution < -0.4 is 10.9 Å². The van der Waals surface area contributed by atoms with E-state index in [1.54, 1.807) is 11.3 Å². The maximum Gasteiger partial charge on any atom is 0.269 e. The zero-order valence-corrected chi connectivity index (χ0v) is 18.4. The Morgan fingerprint density at radius 1 is 1.09 bits per heavy atom. The molecule has 1 amide bonds. The molecule has 2 aromatic heterocycles. The van der Waals surface area contributed by atoms with E-state index in [-0.39, 0.29) is 17.8 Å². The van der Waals surface area contributed by atoms with Crippen molar-refractivity contribution in [3.8, 4) is 11.4 Å². The van der Waals surface area contributed by atoms with Crippen LogP contribution in [0, 0.1) is 10.1 Å². The van der Waals surface area contributed by atoms with Crippen molar-refractivity contribution in [2.75, 3.05) is 5.32 Å². The second-order valence-corrected chi connectivity index (χ2v) is 9.02. The van der Waals surface area contributed by atoms with E-state index >= 15 is 0 Å². The van der Waals surface area contributed by atoms with Crippen LogP contribution in [0.15, 0.2) is 59.4 Å². The van der Waals surface area contributed by atoms with Gasteiger partial charge in [0.15, 0.2) is 0 Å². The molecule has 8 nitrogen and oxygen atoms in total. The number of fused-ring (bicyclic) bond motifs is 3. The van der Waals surface area contributed by atoms with Crippen LogP contribution >= 0.6 is 11.3 Å². The van der Waals surface area contributed by atoms with E-state index in [1.807, 2.05) is 30.3 Å². The number of non-ortho nitro benzene ring substituents is 1. The van der Waals surface area contributed by atoms with Crippen LogP contribution in [-0.4, -0.2) is 20.4 Å². The van der Waals surface area contributed by atoms with E-state index in [1.165, 1.54) is 33.7 Å². The molecule has 0 fully saturated rings. The Morgan fingerprint density at radius 3 is 2.55 bits per heavy atom. The lowest BCUT2D eigenvalue weighted by Crippen LogP contribution is -2.30. The van der Waals surface area contributed by atoms with Crippen molar-refractivity contribution in [1.82, 2.24) is 9.55 Å². The van der Waals surface area contributed by atoms with Gasteiger partial charge in [0.25, 0.3) is 11.2 Å². The van der Waals surface area contributed by atoms with Gasteiger partial charge in [-0.15, -0.1) is 11.3 Å². The van der Waals surface area contributed by atoms with E-state index in [2.05, 4.69) is 5.32 Å². The van der Waals surface area contributed by atoms with Crippen LogP contribution in [0.1, 0.15) is 23.3 Å². The van der Waals surface area contributed by atoms with Crippen LogP contribution in [0.25, 0.3) is 21.6 Å². The predicted octanol–water partition coefficient (Wildman–Crippen LogP) is 4.55. The minimum atomic E-state index is -0.500. The lowest BCUT2D eigenvalue weighted by molar-refractivity contribution is -0.384. The summed E-state index contributed by atoms with van der Waals surface area (Å²) in [4.78, 5) is 43.6. The lowest BCUT2D eigenvalue weighted by atomic mass is 9.97. The Labute approximate surface area is 192 Å². The third-order valence-corrected chi connectivity index (χ3v) is 6.96. The van der Waals surface area contributed by atoms with Crippen molar-refractivity contribution in [3.05, 3.63) is 85.5 Å². The quantitative estimate of drug-likeness (QED) is 0.347. The maximum absolute atomic E-state index is 13.6. The molecule has 0 radical (unpaired) electrons. The van der Waals surface area contributed by atoms with Gasteiger partial charge in [0.1, 0.15) is 17.2 Å². The predicted molar refractivity (Wildman–Crippen MR) is 128 cm³/mol. The molecule has 0 aliphatic heterocycles. The Morgan fingerprint density at radius 2 is 1.82 bits per heavy atom.